The van der Waals surface area contributed by atoms with Crippen LogP contribution in [0.25, 0.3) is 11.5 Å². The van der Waals surface area contributed by atoms with Crippen LogP contribution < -0.4 is 0 Å². The molecule has 0 saturated carbocycles. The van der Waals surface area contributed by atoms with Crippen LogP contribution in [0.5, 0.6) is 0 Å². The number of fused-ring (bicyclic) bond motifs is 2. The van der Waals surface area contributed by atoms with Crippen molar-refractivity contribution in [2.24, 2.45) is 5.41 Å². The molecule has 30 heavy (non-hydrogen) atoms. The van der Waals surface area contributed by atoms with Gasteiger partial charge in [-0.1, -0.05) is 30.3 Å². The van der Waals surface area contributed by atoms with E-state index in [0.717, 1.165) is 42.9 Å². The second-order valence-electron chi connectivity index (χ2n) is 8.40. The molecule has 2 fully saturated rings. The van der Waals surface area contributed by atoms with Crippen LogP contribution in [0, 0.1) is 5.41 Å². The van der Waals surface area contributed by atoms with E-state index in [1.54, 1.807) is 6.20 Å². The Morgan fingerprint density at radius 2 is 2.10 bits per heavy atom. The van der Waals surface area contributed by atoms with Gasteiger partial charge in [-0.2, -0.15) is 5.10 Å². The maximum absolute atomic E-state index is 13.2. The number of aromatic amines is 1. The fraction of sp³-hybridized carbons (Fsp3) is 0.417. The zero-order valence-electron chi connectivity index (χ0n) is 17.2. The lowest BCUT2D eigenvalue weighted by Crippen LogP contribution is -2.46. The molecule has 2 aliphatic heterocycles. The quantitative estimate of drug-likeness (QED) is 0.597. The molecule has 4 heterocycles. The van der Waals surface area contributed by atoms with Crippen molar-refractivity contribution in [1.29, 1.82) is 0 Å². The Morgan fingerprint density at radius 1 is 1.23 bits per heavy atom. The predicted octanol–water partition coefficient (Wildman–Crippen LogP) is 4.20. The number of rotatable bonds is 7. The Labute approximate surface area is 176 Å². The molecule has 0 amide bonds. The van der Waals surface area contributed by atoms with Crippen molar-refractivity contribution in [1.82, 2.24) is 15.1 Å². The molecule has 5 rings (SSSR count). The van der Waals surface area contributed by atoms with Gasteiger partial charge in [0.2, 0.25) is 0 Å². The number of H-pyrrole nitrogens is 1. The van der Waals surface area contributed by atoms with Crippen molar-refractivity contribution in [3.05, 3.63) is 66.1 Å². The van der Waals surface area contributed by atoms with Gasteiger partial charge in [-0.3, -0.25) is 14.8 Å². The molecule has 6 nitrogen and oxygen atoms in total. The Balaban J connectivity index is 1.40. The SMILES string of the molecule is CCOC(=O)[C@]1(Cc2ccccc2)C[C@@H]2CC[C@H]1N2Cc1ccc(-c2ccn[nH]2)o1. The third-order valence-corrected chi connectivity index (χ3v) is 6.69. The molecule has 3 atom stereocenters. The van der Waals surface area contributed by atoms with Crippen molar-refractivity contribution in [3.8, 4) is 11.5 Å². The summed E-state index contributed by atoms with van der Waals surface area (Å²) in [6.07, 6.45) is 5.43. The van der Waals surface area contributed by atoms with Crippen LogP contribution in [0.3, 0.4) is 0 Å². The number of carbonyl (C=O) groups is 1. The average molecular weight is 405 g/mol. The van der Waals surface area contributed by atoms with Gasteiger partial charge in [0.05, 0.1) is 18.6 Å². The molecule has 1 N–H and O–H groups in total. The van der Waals surface area contributed by atoms with Crippen LogP contribution >= 0.6 is 0 Å². The Bertz CT molecular complexity index is 998. The number of hydrogen-bond donors (Lipinski definition) is 1. The molecular weight excluding hydrogens is 378 g/mol. The topological polar surface area (TPSA) is 71.4 Å². The number of hydrogen-bond acceptors (Lipinski definition) is 5. The van der Waals surface area contributed by atoms with Crippen molar-refractivity contribution in [2.75, 3.05) is 6.61 Å². The smallest absolute Gasteiger partial charge is 0.314 e. The zero-order chi connectivity index (χ0) is 20.6. The fourth-order valence-corrected chi connectivity index (χ4v) is 5.44. The highest BCUT2D eigenvalue weighted by molar-refractivity contribution is 5.79. The number of carbonyl (C=O) groups excluding carboxylic acids is 1. The normalized spacial score (nSPS) is 25.6. The average Bonchev–Trinajstić information content (AvgIpc) is 3.54. The lowest BCUT2D eigenvalue weighted by molar-refractivity contribution is -0.157. The second kappa shape index (κ2) is 7.76. The lowest BCUT2D eigenvalue weighted by atomic mass is 9.70. The first-order chi connectivity index (χ1) is 14.7. The first-order valence-corrected chi connectivity index (χ1v) is 10.7. The molecular formula is C24H27N3O3. The number of benzene rings is 1. The summed E-state index contributed by atoms with van der Waals surface area (Å²) in [4.78, 5) is 15.7. The van der Waals surface area contributed by atoms with Gasteiger partial charge < -0.3 is 9.15 Å². The van der Waals surface area contributed by atoms with Crippen LogP contribution in [-0.4, -0.2) is 39.8 Å². The number of nitrogens with zero attached hydrogens (tertiary/aromatic N) is 2. The van der Waals surface area contributed by atoms with E-state index in [1.165, 1.54) is 5.56 Å². The number of ether oxygens (including phenoxy) is 1. The zero-order valence-corrected chi connectivity index (χ0v) is 17.2. The van der Waals surface area contributed by atoms with E-state index < -0.39 is 5.41 Å². The molecule has 0 spiro atoms. The minimum Gasteiger partial charge on any atom is -0.466 e. The molecule has 156 valence electrons. The molecule has 3 aromatic rings. The van der Waals surface area contributed by atoms with Crippen molar-refractivity contribution < 1.29 is 13.9 Å². The second-order valence-corrected chi connectivity index (χ2v) is 8.40. The summed E-state index contributed by atoms with van der Waals surface area (Å²) >= 11 is 0. The van der Waals surface area contributed by atoms with Crippen LogP contribution in [0.15, 0.2) is 59.1 Å². The monoisotopic (exact) mass is 405 g/mol. The molecule has 0 radical (unpaired) electrons. The van der Waals surface area contributed by atoms with Crippen LogP contribution in [0.4, 0.5) is 0 Å². The van der Waals surface area contributed by atoms with Gasteiger partial charge in [-0.05, 0) is 56.4 Å². The third kappa shape index (κ3) is 3.25. The first-order valence-electron chi connectivity index (χ1n) is 10.7. The highest BCUT2D eigenvalue weighted by Gasteiger charge is 2.60. The summed E-state index contributed by atoms with van der Waals surface area (Å²) < 4.78 is 11.7. The summed E-state index contributed by atoms with van der Waals surface area (Å²) in [5.74, 6) is 1.65. The van der Waals surface area contributed by atoms with Gasteiger partial charge in [-0.25, -0.2) is 0 Å². The number of aromatic nitrogens is 2. The van der Waals surface area contributed by atoms with Gasteiger partial charge in [-0.15, -0.1) is 0 Å². The molecule has 2 bridgehead atoms. The van der Waals surface area contributed by atoms with Crippen molar-refractivity contribution >= 4 is 5.97 Å². The van der Waals surface area contributed by atoms with Gasteiger partial charge >= 0.3 is 5.97 Å². The maximum atomic E-state index is 13.2. The number of esters is 1. The van der Waals surface area contributed by atoms with Crippen LogP contribution in [-0.2, 0) is 22.5 Å². The van der Waals surface area contributed by atoms with Gasteiger partial charge in [0.1, 0.15) is 11.5 Å². The Hall–Kier alpha value is -2.86. The molecule has 0 aliphatic carbocycles. The minimum absolute atomic E-state index is 0.0522. The molecule has 6 heteroatoms. The standard InChI is InChI=1S/C24H27N3O3/c1-2-29-23(28)24(14-17-6-4-3-5-7-17)15-18-8-11-22(24)27(18)16-19-9-10-21(30-19)20-12-13-25-26-20/h3-7,9-10,12-13,18,22H,2,8,11,14-16H2,1H3,(H,25,26)/t18-,22+,24+/m0/s1. The van der Waals surface area contributed by atoms with Crippen LogP contribution in [0.2, 0.25) is 0 Å². The molecule has 2 aromatic heterocycles. The minimum atomic E-state index is -0.487. The molecule has 1 aromatic carbocycles. The van der Waals surface area contributed by atoms with Crippen molar-refractivity contribution in [3.63, 3.8) is 0 Å². The predicted molar refractivity (Wildman–Crippen MR) is 112 cm³/mol. The third-order valence-electron chi connectivity index (χ3n) is 6.69. The van der Waals surface area contributed by atoms with E-state index in [2.05, 4.69) is 27.2 Å². The van der Waals surface area contributed by atoms with E-state index >= 15 is 0 Å². The van der Waals surface area contributed by atoms with E-state index in [9.17, 15) is 4.79 Å². The summed E-state index contributed by atoms with van der Waals surface area (Å²) in [6.45, 7) is 3.01. The lowest BCUT2D eigenvalue weighted by Gasteiger charge is -2.35. The highest BCUT2D eigenvalue weighted by Crippen LogP contribution is 2.52. The fourth-order valence-electron chi connectivity index (χ4n) is 5.44. The highest BCUT2D eigenvalue weighted by atomic mass is 16.5. The Morgan fingerprint density at radius 3 is 2.87 bits per heavy atom. The summed E-state index contributed by atoms with van der Waals surface area (Å²) in [6, 6.07) is 16.8. The summed E-state index contributed by atoms with van der Waals surface area (Å²) in [7, 11) is 0. The largest absolute Gasteiger partial charge is 0.466 e. The van der Waals surface area contributed by atoms with E-state index in [1.807, 2.05) is 43.3 Å². The first kappa shape index (κ1) is 19.1. The molecule has 0 unspecified atom stereocenters. The summed E-state index contributed by atoms with van der Waals surface area (Å²) in [5.41, 5.74) is 1.58. The number of nitrogens with one attached hydrogen (secondary N) is 1. The van der Waals surface area contributed by atoms with E-state index in [-0.39, 0.29) is 12.0 Å². The molecule has 2 saturated heterocycles. The van der Waals surface area contributed by atoms with Crippen LogP contribution in [0.1, 0.15) is 37.5 Å². The van der Waals surface area contributed by atoms with Crippen molar-refractivity contribution in [2.45, 2.75) is 51.2 Å². The molecule has 2 aliphatic rings. The Kier molecular flexibility index (Phi) is 4.95. The number of furan rings is 1. The van der Waals surface area contributed by atoms with Gasteiger partial charge in [0.25, 0.3) is 0 Å². The maximum Gasteiger partial charge on any atom is 0.314 e. The van der Waals surface area contributed by atoms with E-state index in [4.69, 9.17) is 9.15 Å². The van der Waals surface area contributed by atoms with Gasteiger partial charge in [0, 0.05) is 18.3 Å². The van der Waals surface area contributed by atoms with Gasteiger partial charge in [0.15, 0.2) is 5.76 Å². The summed E-state index contributed by atoms with van der Waals surface area (Å²) in [5, 5.41) is 6.94. The van der Waals surface area contributed by atoms with E-state index in [0.29, 0.717) is 19.2 Å².